The summed E-state index contributed by atoms with van der Waals surface area (Å²) >= 11 is 1.35. The van der Waals surface area contributed by atoms with Gasteiger partial charge in [-0.15, -0.1) is 0 Å². The Labute approximate surface area is 160 Å². The van der Waals surface area contributed by atoms with E-state index >= 15 is 0 Å². The molecule has 0 aliphatic rings. The van der Waals surface area contributed by atoms with Crippen molar-refractivity contribution in [1.82, 2.24) is 4.57 Å². The van der Waals surface area contributed by atoms with Crippen molar-refractivity contribution in [3.8, 4) is 5.75 Å². The second kappa shape index (κ2) is 8.18. The summed E-state index contributed by atoms with van der Waals surface area (Å²) < 4.78 is 12.9. The predicted molar refractivity (Wildman–Crippen MR) is 104 cm³/mol. The molecule has 0 radical (unpaired) electrons. The van der Waals surface area contributed by atoms with Crippen LogP contribution in [-0.2, 0) is 20.9 Å². The van der Waals surface area contributed by atoms with Crippen LogP contribution in [0.5, 0.6) is 5.75 Å². The topological polar surface area (TPSA) is 69.9 Å². The normalized spacial score (nSPS) is 11.6. The standard InChI is InChI=1S/C20H20N2O4S/c1-13-4-7-15(8-5-13)26-12-18(23)21-20-22(11-19(24)25-3)16-9-6-14(2)10-17(16)27-20/h4-10H,11-12H2,1-3H3. The Morgan fingerprint density at radius 2 is 1.78 bits per heavy atom. The molecule has 0 fully saturated rings. The van der Waals surface area contributed by atoms with Gasteiger partial charge in [-0.2, -0.15) is 4.99 Å². The van der Waals surface area contributed by atoms with E-state index < -0.39 is 11.9 Å². The SMILES string of the molecule is COC(=O)Cn1c(=NC(=O)COc2ccc(C)cc2)sc2cc(C)ccc21. The van der Waals surface area contributed by atoms with Gasteiger partial charge in [0.15, 0.2) is 11.4 Å². The van der Waals surface area contributed by atoms with Gasteiger partial charge in [0.05, 0.1) is 17.3 Å². The number of hydrogen-bond acceptors (Lipinski definition) is 5. The highest BCUT2D eigenvalue weighted by Gasteiger charge is 2.12. The van der Waals surface area contributed by atoms with Gasteiger partial charge in [0, 0.05) is 0 Å². The maximum absolute atomic E-state index is 12.3. The Balaban J connectivity index is 1.88. The van der Waals surface area contributed by atoms with E-state index in [0.29, 0.717) is 10.6 Å². The third kappa shape index (κ3) is 4.62. The van der Waals surface area contributed by atoms with Gasteiger partial charge >= 0.3 is 5.97 Å². The number of rotatable bonds is 5. The first-order chi connectivity index (χ1) is 13.0. The number of nitrogens with zero attached hydrogens (tertiary/aromatic N) is 2. The zero-order valence-corrected chi connectivity index (χ0v) is 16.2. The molecule has 1 heterocycles. The van der Waals surface area contributed by atoms with Crippen molar-refractivity contribution < 1.29 is 19.1 Å². The van der Waals surface area contributed by atoms with Crippen molar-refractivity contribution in [2.75, 3.05) is 13.7 Å². The molecule has 0 saturated carbocycles. The van der Waals surface area contributed by atoms with E-state index in [4.69, 9.17) is 9.47 Å². The Bertz CT molecular complexity index is 1050. The van der Waals surface area contributed by atoms with E-state index in [0.717, 1.165) is 21.3 Å². The number of aryl methyl sites for hydroxylation is 2. The number of benzene rings is 2. The summed E-state index contributed by atoms with van der Waals surface area (Å²) in [6.45, 7) is 3.79. The molecule has 0 unspecified atom stereocenters. The fourth-order valence-electron chi connectivity index (χ4n) is 2.53. The van der Waals surface area contributed by atoms with Crippen LogP contribution in [0.1, 0.15) is 11.1 Å². The number of hydrogen-bond donors (Lipinski definition) is 0. The highest BCUT2D eigenvalue weighted by Crippen LogP contribution is 2.19. The van der Waals surface area contributed by atoms with Crippen molar-refractivity contribution in [3.63, 3.8) is 0 Å². The van der Waals surface area contributed by atoms with Crippen LogP contribution in [0.2, 0.25) is 0 Å². The molecule has 0 bridgehead atoms. The quantitative estimate of drug-likeness (QED) is 0.634. The number of ether oxygens (including phenoxy) is 2. The Kier molecular flexibility index (Phi) is 5.71. The van der Waals surface area contributed by atoms with Gasteiger partial charge in [0.25, 0.3) is 5.91 Å². The molecule has 3 rings (SSSR count). The Morgan fingerprint density at radius 3 is 2.48 bits per heavy atom. The number of thiazole rings is 1. The first kappa shape index (κ1) is 18.8. The first-order valence-corrected chi connectivity index (χ1v) is 9.22. The van der Waals surface area contributed by atoms with Gasteiger partial charge in [0.1, 0.15) is 12.3 Å². The predicted octanol–water partition coefficient (Wildman–Crippen LogP) is 3.00. The van der Waals surface area contributed by atoms with E-state index in [1.54, 1.807) is 4.57 Å². The summed E-state index contributed by atoms with van der Waals surface area (Å²) in [6.07, 6.45) is 0. The number of esters is 1. The van der Waals surface area contributed by atoms with E-state index in [1.807, 2.05) is 56.3 Å². The number of carbonyl (C=O) groups excluding carboxylic acids is 2. The zero-order chi connectivity index (χ0) is 19.4. The fourth-order valence-corrected chi connectivity index (χ4v) is 3.68. The summed E-state index contributed by atoms with van der Waals surface area (Å²) in [5, 5.41) is 0. The molecule has 140 valence electrons. The molecule has 1 aromatic heterocycles. The molecule has 27 heavy (non-hydrogen) atoms. The highest BCUT2D eigenvalue weighted by atomic mass is 32.1. The van der Waals surface area contributed by atoms with Crippen molar-refractivity contribution >= 4 is 33.4 Å². The van der Waals surface area contributed by atoms with Gasteiger partial charge in [-0.3, -0.25) is 9.59 Å². The van der Waals surface area contributed by atoms with E-state index in [9.17, 15) is 9.59 Å². The van der Waals surface area contributed by atoms with E-state index in [1.165, 1.54) is 18.4 Å². The van der Waals surface area contributed by atoms with Crippen molar-refractivity contribution in [1.29, 1.82) is 0 Å². The minimum absolute atomic E-state index is 0.00943. The number of carbonyl (C=O) groups is 2. The smallest absolute Gasteiger partial charge is 0.325 e. The number of amides is 1. The lowest BCUT2D eigenvalue weighted by molar-refractivity contribution is -0.141. The molecule has 0 atom stereocenters. The molecule has 0 aliphatic heterocycles. The molecular formula is C20H20N2O4S. The summed E-state index contributed by atoms with van der Waals surface area (Å²) in [5.41, 5.74) is 3.04. The molecular weight excluding hydrogens is 364 g/mol. The van der Waals surface area contributed by atoms with Crippen LogP contribution in [0, 0.1) is 13.8 Å². The third-order valence-electron chi connectivity index (χ3n) is 3.96. The minimum Gasteiger partial charge on any atom is -0.484 e. The summed E-state index contributed by atoms with van der Waals surface area (Å²) in [7, 11) is 1.33. The molecule has 0 spiro atoms. The maximum Gasteiger partial charge on any atom is 0.325 e. The monoisotopic (exact) mass is 384 g/mol. The molecule has 7 heteroatoms. The molecule has 0 aliphatic carbocycles. The fraction of sp³-hybridized carbons (Fsp3) is 0.250. The second-order valence-corrected chi connectivity index (χ2v) is 7.13. The molecule has 2 aromatic carbocycles. The van der Waals surface area contributed by atoms with Crippen LogP contribution in [0.25, 0.3) is 10.2 Å². The van der Waals surface area contributed by atoms with Gasteiger partial charge in [-0.05, 0) is 43.7 Å². The molecule has 0 saturated heterocycles. The van der Waals surface area contributed by atoms with Crippen LogP contribution in [0.3, 0.4) is 0 Å². The molecule has 6 nitrogen and oxygen atoms in total. The van der Waals surface area contributed by atoms with Gasteiger partial charge in [0.2, 0.25) is 0 Å². The average molecular weight is 384 g/mol. The second-order valence-electron chi connectivity index (χ2n) is 6.13. The maximum atomic E-state index is 12.3. The number of fused-ring (bicyclic) bond motifs is 1. The van der Waals surface area contributed by atoms with E-state index in [2.05, 4.69) is 4.99 Å². The largest absolute Gasteiger partial charge is 0.484 e. The van der Waals surface area contributed by atoms with Crippen LogP contribution < -0.4 is 9.54 Å². The molecule has 1 amide bonds. The van der Waals surface area contributed by atoms with Crippen molar-refractivity contribution in [2.24, 2.45) is 4.99 Å². The summed E-state index contributed by atoms with van der Waals surface area (Å²) in [5.74, 6) is -0.212. The summed E-state index contributed by atoms with van der Waals surface area (Å²) in [4.78, 5) is 28.7. The number of aromatic nitrogens is 1. The third-order valence-corrected chi connectivity index (χ3v) is 5.00. The van der Waals surface area contributed by atoms with Crippen molar-refractivity contribution in [2.45, 2.75) is 20.4 Å². The van der Waals surface area contributed by atoms with Gasteiger partial charge < -0.3 is 14.0 Å². The van der Waals surface area contributed by atoms with Crippen LogP contribution in [-0.4, -0.2) is 30.2 Å². The average Bonchev–Trinajstić information content (AvgIpc) is 2.97. The van der Waals surface area contributed by atoms with Gasteiger partial charge in [-0.25, -0.2) is 0 Å². The van der Waals surface area contributed by atoms with E-state index in [-0.39, 0.29) is 13.2 Å². The lowest BCUT2D eigenvalue weighted by Gasteiger charge is -2.05. The molecule has 3 aromatic rings. The summed E-state index contributed by atoms with van der Waals surface area (Å²) in [6, 6.07) is 13.3. The highest BCUT2D eigenvalue weighted by molar-refractivity contribution is 7.16. The van der Waals surface area contributed by atoms with Crippen molar-refractivity contribution in [3.05, 3.63) is 58.4 Å². The first-order valence-electron chi connectivity index (χ1n) is 8.40. The zero-order valence-electron chi connectivity index (χ0n) is 15.4. The van der Waals surface area contributed by atoms with Crippen LogP contribution in [0.4, 0.5) is 0 Å². The minimum atomic E-state index is -0.419. The van der Waals surface area contributed by atoms with Gasteiger partial charge in [-0.1, -0.05) is 35.1 Å². The van der Waals surface area contributed by atoms with Crippen LogP contribution in [0.15, 0.2) is 47.5 Å². The van der Waals surface area contributed by atoms with Crippen LogP contribution >= 0.6 is 11.3 Å². The molecule has 0 N–H and O–H groups in total. The Morgan fingerprint density at radius 1 is 1.07 bits per heavy atom. The lowest BCUT2D eigenvalue weighted by Crippen LogP contribution is -2.23. The Hall–Kier alpha value is -2.93. The lowest BCUT2D eigenvalue weighted by atomic mass is 10.2. The number of methoxy groups -OCH3 is 1.